The molecule has 2 unspecified atom stereocenters. The van der Waals surface area contributed by atoms with Gasteiger partial charge in [0, 0.05) is 19.1 Å². The predicted molar refractivity (Wildman–Crippen MR) is 106 cm³/mol. The molecule has 2 aliphatic heterocycles. The molecule has 0 N–H and O–H groups in total. The molecule has 160 valence electrons. The summed E-state index contributed by atoms with van der Waals surface area (Å²) in [5, 5.41) is 12.0. The highest BCUT2D eigenvalue weighted by Crippen LogP contribution is 2.29. The van der Waals surface area contributed by atoms with E-state index in [-0.39, 0.29) is 36.5 Å². The molecule has 2 fully saturated rings. The van der Waals surface area contributed by atoms with Crippen molar-refractivity contribution >= 4 is 0 Å². The van der Waals surface area contributed by atoms with Gasteiger partial charge in [-0.2, -0.15) is 0 Å². The smallest absolute Gasteiger partial charge is 0.158 e. The summed E-state index contributed by atoms with van der Waals surface area (Å²) in [6.07, 6.45) is 17.1. The van der Waals surface area contributed by atoms with Crippen LogP contribution in [0, 0.1) is 5.92 Å². The molecule has 3 rings (SSSR count). The normalized spacial score (nSPS) is 32.5. The summed E-state index contributed by atoms with van der Waals surface area (Å²) in [6.45, 7) is 3.76. The van der Waals surface area contributed by atoms with Gasteiger partial charge < -0.3 is 24.1 Å². The molecule has 0 bridgehead atoms. The van der Waals surface area contributed by atoms with Crippen molar-refractivity contribution in [2.24, 2.45) is 5.92 Å². The summed E-state index contributed by atoms with van der Waals surface area (Å²) >= 11 is 0. The van der Waals surface area contributed by atoms with Crippen LogP contribution in [0.2, 0.25) is 0 Å². The molecule has 0 aromatic heterocycles. The number of unbranched alkanes of at least 4 members (excludes halogenated alkanes) is 2. The fourth-order valence-electron chi connectivity index (χ4n) is 4.13. The Labute approximate surface area is 170 Å². The zero-order valence-corrected chi connectivity index (χ0v) is 17.4. The Kier molecular flexibility index (Phi) is 9.32. The number of rotatable bonds is 10. The van der Waals surface area contributed by atoms with E-state index in [1.807, 2.05) is 0 Å². The maximum absolute atomic E-state index is 12.0. The largest absolute Gasteiger partial charge is 0.876 e. The molecule has 0 saturated carbocycles. The Morgan fingerprint density at radius 2 is 1.86 bits per heavy atom. The highest BCUT2D eigenvalue weighted by Gasteiger charge is 2.28. The van der Waals surface area contributed by atoms with Crippen LogP contribution in [0.1, 0.15) is 77.6 Å². The molecule has 0 aromatic carbocycles. The predicted octanol–water partition coefficient (Wildman–Crippen LogP) is 4.21. The van der Waals surface area contributed by atoms with Crippen LogP contribution >= 0.6 is 0 Å². The van der Waals surface area contributed by atoms with E-state index in [9.17, 15) is 5.11 Å². The Hall–Kier alpha value is -0.880. The molecule has 2 heterocycles. The molecule has 28 heavy (non-hydrogen) atoms. The van der Waals surface area contributed by atoms with Gasteiger partial charge in [-0.15, -0.1) is 5.76 Å². The van der Waals surface area contributed by atoms with Crippen LogP contribution in [0.5, 0.6) is 0 Å². The van der Waals surface area contributed by atoms with E-state index < -0.39 is 0 Å². The zero-order valence-electron chi connectivity index (χ0n) is 17.4. The summed E-state index contributed by atoms with van der Waals surface area (Å²) in [5.74, 6) is 0.164. The van der Waals surface area contributed by atoms with E-state index in [2.05, 4.69) is 19.1 Å². The monoisotopic (exact) mass is 393 g/mol. The highest BCUT2D eigenvalue weighted by atomic mass is 16.7. The quantitative estimate of drug-likeness (QED) is 0.411. The Morgan fingerprint density at radius 1 is 1.11 bits per heavy atom. The van der Waals surface area contributed by atoms with Gasteiger partial charge in [-0.25, -0.2) is 0 Å². The molecule has 0 spiro atoms. The number of hydrogen-bond acceptors (Lipinski definition) is 5. The van der Waals surface area contributed by atoms with Crippen LogP contribution in [0.15, 0.2) is 24.0 Å². The summed E-state index contributed by atoms with van der Waals surface area (Å²) in [5.41, 5.74) is 0. The molecule has 5 atom stereocenters. The van der Waals surface area contributed by atoms with E-state index in [0.717, 1.165) is 64.6 Å². The summed E-state index contributed by atoms with van der Waals surface area (Å²) in [6, 6.07) is 0. The lowest BCUT2D eigenvalue weighted by molar-refractivity contribution is -0.308. The van der Waals surface area contributed by atoms with Gasteiger partial charge in [0.2, 0.25) is 0 Å². The summed E-state index contributed by atoms with van der Waals surface area (Å²) in [7, 11) is 0. The van der Waals surface area contributed by atoms with Crippen molar-refractivity contribution in [2.45, 2.75) is 102 Å². The Balaban J connectivity index is 1.56. The van der Waals surface area contributed by atoms with Gasteiger partial charge >= 0.3 is 0 Å². The van der Waals surface area contributed by atoms with Gasteiger partial charge in [-0.3, -0.25) is 0 Å². The zero-order chi connectivity index (χ0) is 19.6. The minimum absolute atomic E-state index is 0.00239. The Bertz CT molecular complexity index is 491. The third-order valence-electron chi connectivity index (χ3n) is 5.78. The second-order valence-electron chi connectivity index (χ2n) is 8.24. The average Bonchev–Trinajstić information content (AvgIpc) is 3.06. The summed E-state index contributed by atoms with van der Waals surface area (Å²) in [4.78, 5) is 0. The van der Waals surface area contributed by atoms with Crippen molar-refractivity contribution in [1.29, 1.82) is 0 Å². The highest BCUT2D eigenvalue weighted by molar-refractivity contribution is 5.15. The van der Waals surface area contributed by atoms with E-state index >= 15 is 0 Å². The lowest BCUT2D eigenvalue weighted by Crippen LogP contribution is -2.30. The van der Waals surface area contributed by atoms with Crippen LogP contribution in [-0.4, -0.2) is 38.0 Å². The first-order valence-electron chi connectivity index (χ1n) is 11.3. The molecule has 3 aliphatic rings. The summed E-state index contributed by atoms with van der Waals surface area (Å²) < 4.78 is 23.8. The van der Waals surface area contributed by atoms with Gasteiger partial charge in [-0.05, 0) is 51.4 Å². The molecule has 5 nitrogen and oxygen atoms in total. The van der Waals surface area contributed by atoms with Crippen LogP contribution in [0.4, 0.5) is 0 Å². The molecule has 0 aromatic rings. The maximum atomic E-state index is 12.0. The first kappa shape index (κ1) is 21.8. The first-order valence-corrected chi connectivity index (χ1v) is 11.3. The second-order valence-corrected chi connectivity index (χ2v) is 8.24. The van der Waals surface area contributed by atoms with Crippen molar-refractivity contribution in [2.75, 3.05) is 13.2 Å². The molecule has 0 radical (unpaired) electrons. The fraction of sp³-hybridized carbons (Fsp3) is 0.826. The van der Waals surface area contributed by atoms with Gasteiger partial charge in [0.25, 0.3) is 0 Å². The van der Waals surface area contributed by atoms with Crippen LogP contribution in [0.25, 0.3) is 0 Å². The minimum Gasteiger partial charge on any atom is -0.876 e. The SMILES string of the molecule is CCCCC[C@@H](/C=C/[C@@H]1C=C([O-])C[C@H]1OC1CCCCO1)OC1CCCCO1. The van der Waals surface area contributed by atoms with Crippen molar-refractivity contribution in [3.8, 4) is 0 Å². The average molecular weight is 394 g/mol. The lowest BCUT2D eigenvalue weighted by atomic mass is 10.0. The first-order chi connectivity index (χ1) is 13.7. The fourth-order valence-corrected chi connectivity index (χ4v) is 4.13. The molecule has 1 aliphatic carbocycles. The third kappa shape index (κ3) is 7.18. The molecular formula is C23H37O5-. The van der Waals surface area contributed by atoms with Gasteiger partial charge in [0.05, 0.1) is 12.2 Å². The molecule has 5 heteroatoms. The van der Waals surface area contributed by atoms with E-state index in [4.69, 9.17) is 18.9 Å². The lowest BCUT2D eigenvalue weighted by Gasteiger charge is -2.29. The van der Waals surface area contributed by atoms with Crippen molar-refractivity contribution < 1.29 is 24.1 Å². The van der Waals surface area contributed by atoms with Crippen molar-refractivity contribution in [3.63, 3.8) is 0 Å². The minimum atomic E-state index is -0.166. The molecule has 0 amide bonds. The number of hydrogen-bond donors (Lipinski definition) is 0. The molecule has 2 saturated heterocycles. The number of ether oxygens (including phenoxy) is 4. The second kappa shape index (κ2) is 12.0. The van der Waals surface area contributed by atoms with Crippen molar-refractivity contribution in [3.05, 3.63) is 24.0 Å². The van der Waals surface area contributed by atoms with Crippen LogP contribution < -0.4 is 5.11 Å². The van der Waals surface area contributed by atoms with Gasteiger partial charge in [0.1, 0.15) is 0 Å². The van der Waals surface area contributed by atoms with E-state index in [1.54, 1.807) is 6.08 Å². The van der Waals surface area contributed by atoms with E-state index in [1.165, 1.54) is 12.8 Å². The van der Waals surface area contributed by atoms with Crippen LogP contribution in [-0.2, 0) is 18.9 Å². The van der Waals surface area contributed by atoms with E-state index in [0.29, 0.717) is 6.42 Å². The standard InChI is InChI=1S/C23H38O5/c1-2-3-4-9-20(27-22-10-5-7-14-25-22)13-12-18-16-19(24)17-21(18)28-23-11-6-8-15-26-23/h12-13,16,18,20-24H,2-11,14-15,17H2,1H3/p-1/b13-12+/t18-,20+,21-,22?,23?/m1/s1. The van der Waals surface area contributed by atoms with Crippen LogP contribution in [0.3, 0.4) is 0 Å². The van der Waals surface area contributed by atoms with Crippen molar-refractivity contribution in [1.82, 2.24) is 0 Å². The topological polar surface area (TPSA) is 60.0 Å². The maximum Gasteiger partial charge on any atom is 0.158 e. The third-order valence-corrected chi connectivity index (χ3v) is 5.78. The Morgan fingerprint density at radius 3 is 2.54 bits per heavy atom. The molecular weight excluding hydrogens is 356 g/mol. The van der Waals surface area contributed by atoms with Gasteiger partial charge in [0.15, 0.2) is 12.6 Å². The van der Waals surface area contributed by atoms with Gasteiger partial charge in [-0.1, -0.05) is 44.4 Å².